The molecule has 1 fully saturated rings. The van der Waals surface area contributed by atoms with E-state index in [0.717, 1.165) is 30.8 Å². The fourth-order valence-corrected chi connectivity index (χ4v) is 3.69. The number of hydroxylamine groups is 1. The van der Waals surface area contributed by atoms with Gasteiger partial charge in [-0.3, -0.25) is 19.7 Å². The van der Waals surface area contributed by atoms with E-state index in [4.69, 9.17) is 9.62 Å². The van der Waals surface area contributed by atoms with Crippen LogP contribution in [-0.4, -0.2) is 52.0 Å². The maximum absolute atomic E-state index is 12.7. The lowest BCUT2D eigenvalue weighted by molar-refractivity contribution is -0.124. The van der Waals surface area contributed by atoms with Crippen LogP contribution >= 0.6 is 0 Å². The van der Waals surface area contributed by atoms with Crippen molar-refractivity contribution < 1.29 is 19.2 Å². The van der Waals surface area contributed by atoms with E-state index in [-0.39, 0.29) is 18.0 Å². The topological polar surface area (TPSA) is 86.0 Å². The van der Waals surface area contributed by atoms with Crippen LogP contribution in [0.3, 0.4) is 0 Å². The molecule has 28 heavy (non-hydrogen) atoms. The van der Waals surface area contributed by atoms with E-state index in [0.29, 0.717) is 5.76 Å². The molecule has 0 spiro atoms. The Kier molecular flexibility index (Phi) is 6.28. The molecule has 2 amide bonds. The minimum Gasteiger partial charge on any atom is -0.459 e. The van der Waals surface area contributed by atoms with Gasteiger partial charge in [0.25, 0.3) is 11.8 Å². The molecule has 0 radical (unpaired) electrons. The van der Waals surface area contributed by atoms with Gasteiger partial charge in [-0.1, -0.05) is 24.3 Å². The fraction of sp³-hybridized carbons (Fsp3) is 0.333. The summed E-state index contributed by atoms with van der Waals surface area (Å²) in [7, 11) is 0. The number of hydrogen-bond donors (Lipinski definition) is 2. The fourth-order valence-electron chi connectivity index (χ4n) is 3.69. The second-order valence-corrected chi connectivity index (χ2v) is 7.13. The van der Waals surface area contributed by atoms with Gasteiger partial charge < -0.3 is 9.32 Å². The molecule has 0 bridgehead atoms. The van der Waals surface area contributed by atoms with Crippen molar-refractivity contribution in [2.24, 2.45) is 0 Å². The molecule has 1 saturated heterocycles. The third kappa shape index (κ3) is 4.68. The van der Waals surface area contributed by atoms with E-state index in [2.05, 4.69) is 18.7 Å². The van der Waals surface area contributed by atoms with Crippen LogP contribution in [0.2, 0.25) is 0 Å². The summed E-state index contributed by atoms with van der Waals surface area (Å²) in [6.45, 7) is 6.48. The third-order valence-electron chi connectivity index (χ3n) is 4.88. The average Bonchev–Trinajstić information content (AvgIpc) is 3.21. The first-order valence-corrected chi connectivity index (χ1v) is 9.27. The van der Waals surface area contributed by atoms with Crippen LogP contribution in [0.25, 0.3) is 6.08 Å². The van der Waals surface area contributed by atoms with Crippen molar-refractivity contribution in [3.63, 3.8) is 0 Å². The Labute approximate surface area is 164 Å². The highest BCUT2D eigenvalue weighted by Gasteiger charge is 2.34. The monoisotopic (exact) mass is 383 g/mol. The van der Waals surface area contributed by atoms with Crippen molar-refractivity contribution in [2.75, 3.05) is 13.1 Å². The molecule has 0 aliphatic carbocycles. The number of amides is 2. The molecule has 2 N–H and O–H groups in total. The Morgan fingerprint density at radius 1 is 1.18 bits per heavy atom. The second kappa shape index (κ2) is 8.86. The van der Waals surface area contributed by atoms with Gasteiger partial charge in [0.1, 0.15) is 0 Å². The predicted octanol–water partition coefficient (Wildman–Crippen LogP) is 2.53. The maximum atomic E-state index is 12.7. The molecule has 2 heterocycles. The molecule has 7 nitrogen and oxygen atoms in total. The highest BCUT2D eigenvalue weighted by molar-refractivity contribution is 5.92. The lowest BCUT2D eigenvalue weighted by atomic mass is 10.1. The Morgan fingerprint density at radius 2 is 1.86 bits per heavy atom. The quantitative estimate of drug-likeness (QED) is 0.471. The molecule has 3 rings (SSSR count). The van der Waals surface area contributed by atoms with Crippen molar-refractivity contribution in [3.8, 4) is 0 Å². The molecular formula is C21H25N3O4. The van der Waals surface area contributed by atoms with Gasteiger partial charge in [0.05, 0.1) is 6.26 Å². The predicted molar refractivity (Wildman–Crippen MR) is 104 cm³/mol. The van der Waals surface area contributed by atoms with Crippen LogP contribution in [0.5, 0.6) is 0 Å². The number of carbonyl (C=O) groups excluding carboxylic acids is 2. The van der Waals surface area contributed by atoms with Gasteiger partial charge in [0.15, 0.2) is 5.76 Å². The van der Waals surface area contributed by atoms with Crippen molar-refractivity contribution in [1.29, 1.82) is 0 Å². The van der Waals surface area contributed by atoms with Crippen LogP contribution in [0.15, 0.2) is 53.2 Å². The van der Waals surface area contributed by atoms with E-state index < -0.39 is 5.91 Å². The Hall–Kier alpha value is -2.90. The molecule has 1 aromatic carbocycles. The Morgan fingerprint density at radius 3 is 2.43 bits per heavy atom. The van der Waals surface area contributed by atoms with Gasteiger partial charge >= 0.3 is 0 Å². The molecule has 0 saturated carbocycles. The van der Waals surface area contributed by atoms with Crippen LogP contribution in [0.1, 0.15) is 35.5 Å². The maximum Gasteiger partial charge on any atom is 0.290 e. The van der Waals surface area contributed by atoms with Gasteiger partial charge in [-0.05, 0) is 43.2 Å². The number of piperazine rings is 1. The smallest absolute Gasteiger partial charge is 0.290 e. The molecule has 2 atom stereocenters. The van der Waals surface area contributed by atoms with E-state index in [1.165, 1.54) is 12.3 Å². The summed E-state index contributed by atoms with van der Waals surface area (Å²) in [6.07, 6.45) is 4.43. The molecule has 1 aliphatic heterocycles. The average molecular weight is 383 g/mol. The lowest BCUT2D eigenvalue weighted by Crippen LogP contribution is -2.58. The SMILES string of the molecule is CC1CN(Cc2ccc(/C=C/C(=O)NO)cc2)CC(C)N1C(=O)c1ccco1. The number of nitrogens with one attached hydrogen (secondary N) is 1. The first-order chi connectivity index (χ1) is 13.5. The summed E-state index contributed by atoms with van der Waals surface area (Å²) >= 11 is 0. The summed E-state index contributed by atoms with van der Waals surface area (Å²) in [5, 5.41) is 8.50. The zero-order valence-electron chi connectivity index (χ0n) is 16.0. The van der Waals surface area contributed by atoms with Crippen LogP contribution < -0.4 is 5.48 Å². The van der Waals surface area contributed by atoms with Gasteiger partial charge in [-0.25, -0.2) is 5.48 Å². The number of rotatable bonds is 5. The first-order valence-electron chi connectivity index (χ1n) is 9.27. The van der Waals surface area contributed by atoms with E-state index in [1.807, 2.05) is 29.2 Å². The highest BCUT2D eigenvalue weighted by Crippen LogP contribution is 2.21. The van der Waals surface area contributed by atoms with Gasteiger partial charge in [-0.2, -0.15) is 0 Å². The molecule has 2 unspecified atom stereocenters. The van der Waals surface area contributed by atoms with E-state index in [1.54, 1.807) is 23.7 Å². The summed E-state index contributed by atoms with van der Waals surface area (Å²) in [5.41, 5.74) is 3.60. The highest BCUT2D eigenvalue weighted by atomic mass is 16.5. The van der Waals surface area contributed by atoms with Gasteiger partial charge in [0, 0.05) is 37.8 Å². The largest absolute Gasteiger partial charge is 0.459 e. The van der Waals surface area contributed by atoms with Crippen LogP contribution in [0.4, 0.5) is 0 Å². The van der Waals surface area contributed by atoms with Crippen molar-refractivity contribution >= 4 is 17.9 Å². The first kappa shape index (κ1) is 19.9. The second-order valence-electron chi connectivity index (χ2n) is 7.13. The standard InChI is InChI=1S/C21H25N3O4/c1-15-12-23(13-16(2)24(15)21(26)19-4-3-11-28-19)14-18-7-5-17(6-8-18)9-10-20(25)22-27/h3-11,15-16,27H,12-14H2,1-2H3,(H,22,25)/b10-9+. The molecule has 7 heteroatoms. The molecule has 148 valence electrons. The number of furan rings is 1. The van der Waals surface area contributed by atoms with Crippen molar-refractivity contribution in [3.05, 3.63) is 65.6 Å². The zero-order chi connectivity index (χ0) is 20.1. The molecule has 1 aromatic heterocycles. The number of carbonyl (C=O) groups is 2. The molecular weight excluding hydrogens is 358 g/mol. The zero-order valence-corrected chi connectivity index (χ0v) is 16.0. The summed E-state index contributed by atoms with van der Waals surface area (Å²) in [5.74, 6) is -0.243. The Bertz CT molecular complexity index is 818. The summed E-state index contributed by atoms with van der Waals surface area (Å²) in [4.78, 5) is 28.0. The van der Waals surface area contributed by atoms with Gasteiger partial charge in [0.2, 0.25) is 0 Å². The lowest BCUT2D eigenvalue weighted by Gasteiger charge is -2.44. The normalized spacial score (nSPS) is 20.5. The van der Waals surface area contributed by atoms with Gasteiger partial charge in [-0.15, -0.1) is 0 Å². The minimum atomic E-state index is -0.561. The number of benzene rings is 1. The number of hydrogen-bond acceptors (Lipinski definition) is 5. The molecule has 2 aromatic rings. The minimum absolute atomic E-state index is 0.0623. The van der Waals surface area contributed by atoms with Crippen LogP contribution in [-0.2, 0) is 11.3 Å². The van der Waals surface area contributed by atoms with E-state index >= 15 is 0 Å². The summed E-state index contributed by atoms with van der Waals surface area (Å²) in [6, 6.07) is 11.5. The third-order valence-corrected chi connectivity index (χ3v) is 4.88. The summed E-state index contributed by atoms with van der Waals surface area (Å²) < 4.78 is 5.27. The van der Waals surface area contributed by atoms with E-state index in [9.17, 15) is 9.59 Å². The van der Waals surface area contributed by atoms with Crippen molar-refractivity contribution in [2.45, 2.75) is 32.5 Å². The molecule has 1 aliphatic rings. The Balaban J connectivity index is 1.60. The number of nitrogens with zero attached hydrogens (tertiary/aromatic N) is 2. The van der Waals surface area contributed by atoms with Crippen molar-refractivity contribution in [1.82, 2.24) is 15.3 Å². The van der Waals surface area contributed by atoms with Crippen LogP contribution in [0, 0.1) is 0 Å².